The van der Waals surface area contributed by atoms with Crippen LogP contribution in [0.25, 0.3) is 28.0 Å². The number of carbonyl (C=O) groups excluding carboxylic acids is 1. The Hall–Kier alpha value is -3.82. The summed E-state index contributed by atoms with van der Waals surface area (Å²) in [5.41, 5.74) is 2.77. The Morgan fingerprint density at radius 1 is 1.17 bits per heavy atom. The van der Waals surface area contributed by atoms with E-state index in [1.165, 1.54) is 6.07 Å². The van der Waals surface area contributed by atoms with E-state index in [1.807, 2.05) is 13.0 Å². The Labute approximate surface area is 207 Å². The molecule has 0 aliphatic carbocycles. The zero-order chi connectivity index (χ0) is 25.2. The standard InChI is InChI=1S/C27H27FN4O4/c1-3-36-20-5-7-24(28)22(13-20)19-14-29-27(30-15-19)32-16-23(17(2)33)21-6-4-18(12-25(21)32)26(34)31-8-10-35-11-9-31/h4-7,12-17,33H,3,8-11H2,1-2H3. The minimum atomic E-state index is -0.732. The van der Waals surface area contributed by atoms with E-state index in [0.29, 0.717) is 72.4 Å². The van der Waals surface area contributed by atoms with Crippen LogP contribution < -0.4 is 4.74 Å². The molecule has 1 amide bonds. The number of aliphatic hydroxyl groups excluding tert-OH is 1. The lowest BCUT2D eigenvalue weighted by atomic mass is 10.1. The van der Waals surface area contributed by atoms with Gasteiger partial charge >= 0.3 is 0 Å². The number of amides is 1. The summed E-state index contributed by atoms with van der Waals surface area (Å²) in [6.45, 7) is 6.15. The van der Waals surface area contributed by atoms with Gasteiger partial charge in [-0.3, -0.25) is 9.36 Å². The fourth-order valence-corrected chi connectivity index (χ4v) is 4.40. The van der Waals surface area contributed by atoms with Crippen molar-refractivity contribution in [2.24, 2.45) is 0 Å². The van der Waals surface area contributed by atoms with Crippen LogP contribution in [0.5, 0.6) is 5.75 Å². The lowest BCUT2D eigenvalue weighted by Crippen LogP contribution is -2.40. The van der Waals surface area contributed by atoms with Crippen LogP contribution in [-0.4, -0.2) is 63.4 Å². The molecular weight excluding hydrogens is 463 g/mol. The minimum Gasteiger partial charge on any atom is -0.494 e. The molecule has 4 aromatic rings. The second kappa shape index (κ2) is 10.0. The molecule has 1 atom stereocenters. The van der Waals surface area contributed by atoms with Gasteiger partial charge in [-0.05, 0) is 44.2 Å². The van der Waals surface area contributed by atoms with Crippen molar-refractivity contribution in [3.63, 3.8) is 0 Å². The van der Waals surface area contributed by atoms with Crippen molar-refractivity contribution >= 4 is 16.8 Å². The summed E-state index contributed by atoms with van der Waals surface area (Å²) >= 11 is 0. The third-order valence-corrected chi connectivity index (χ3v) is 6.25. The van der Waals surface area contributed by atoms with Crippen molar-refractivity contribution in [2.45, 2.75) is 20.0 Å². The summed E-state index contributed by atoms with van der Waals surface area (Å²) < 4.78 is 27.1. The number of aromatic nitrogens is 3. The number of ether oxygens (including phenoxy) is 2. The van der Waals surface area contributed by atoms with Gasteiger partial charge in [0, 0.05) is 59.3 Å². The Bertz CT molecular complexity index is 1400. The predicted octanol–water partition coefficient (Wildman–Crippen LogP) is 4.15. The largest absolute Gasteiger partial charge is 0.494 e. The van der Waals surface area contributed by atoms with Crippen molar-refractivity contribution in [1.82, 2.24) is 19.4 Å². The van der Waals surface area contributed by atoms with Gasteiger partial charge in [0.15, 0.2) is 0 Å². The highest BCUT2D eigenvalue weighted by Gasteiger charge is 2.21. The second-order valence-electron chi connectivity index (χ2n) is 8.61. The third kappa shape index (κ3) is 4.55. The van der Waals surface area contributed by atoms with Crippen LogP contribution in [-0.2, 0) is 4.74 Å². The molecule has 1 aliphatic rings. The molecule has 1 N–H and O–H groups in total. The van der Waals surface area contributed by atoms with Crippen LogP contribution in [0.15, 0.2) is 55.0 Å². The van der Waals surface area contributed by atoms with Crippen molar-refractivity contribution in [3.8, 4) is 22.8 Å². The van der Waals surface area contributed by atoms with Gasteiger partial charge in [-0.1, -0.05) is 6.07 Å². The summed E-state index contributed by atoms with van der Waals surface area (Å²) in [6, 6.07) is 9.96. The molecule has 1 unspecified atom stereocenters. The monoisotopic (exact) mass is 490 g/mol. The topological polar surface area (TPSA) is 89.7 Å². The van der Waals surface area contributed by atoms with Gasteiger partial charge in [0.1, 0.15) is 11.6 Å². The molecule has 0 spiro atoms. The highest BCUT2D eigenvalue weighted by atomic mass is 19.1. The average molecular weight is 491 g/mol. The first-order valence-corrected chi connectivity index (χ1v) is 11.9. The molecule has 3 heterocycles. The van der Waals surface area contributed by atoms with E-state index >= 15 is 0 Å². The van der Waals surface area contributed by atoms with Gasteiger partial charge < -0.3 is 19.5 Å². The first-order valence-electron chi connectivity index (χ1n) is 11.9. The van der Waals surface area contributed by atoms with Gasteiger partial charge in [0.05, 0.1) is 31.4 Å². The number of morpholine rings is 1. The molecule has 0 radical (unpaired) electrons. The van der Waals surface area contributed by atoms with Crippen LogP contribution in [0.1, 0.15) is 35.9 Å². The van der Waals surface area contributed by atoms with Crippen LogP contribution >= 0.6 is 0 Å². The number of rotatable bonds is 6. The zero-order valence-electron chi connectivity index (χ0n) is 20.1. The maximum absolute atomic E-state index is 14.5. The highest BCUT2D eigenvalue weighted by Crippen LogP contribution is 2.31. The first-order chi connectivity index (χ1) is 17.5. The van der Waals surface area contributed by atoms with Crippen molar-refractivity contribution < 1.29 is 23.8 Å². The highest BCUT2D eigenvalue weighted by molar-refractivity contribution is 5.99. The van der Waals surface area contributed by atoms with E-state index < -0.39 is 11.9 Å². The van der Waals surface area contributed by atoms with Gasteiger partial charge in [-0.15, -0.1) is 0 Å². The number of aliphatic hydroxyl groups is 1. The van der Waals surface area contributed by atoms with E-state index in [0.717, 1.165) is 5.39 Å². The molecule has 0 saturated carbocycles. The minimum absolute atomic E-state index is 0.0764. The fraction of sp³-hybridized carbons (Fsp3) is 0.296. The number of carbonyl (C=O) groups is 1. The Morgan fingerprint density at radius 2 is 1.92 bits per heavy atom. The van der Waals surface area contributed by atoms with Gasteiger partial charge in [0.25, 0.3) is 5.91 Å². The summed E-state index contributed by atoms with van der Waals surface area (Å²) in [4.78, 5) is 23.8. The number of benzene rings is 2. The van der Waals surface area contributed by atoms with Crippen LogP contribution in [0, 0.1) is 5.82 Å². The summed E-state index contributed by atoms with van der Waals surface area (Å²) in [5.74, 6) is 0.428. The molecule has 0 bridgehead atoms. The van der Waals surface area contributed by atoms with E-state index in [9.17, 15) is 14.3 Å². The molecule has 2 aromatic carbocycles. The predicted molar refractivity (Wildman–Crippen MR) is 133 cm³/mol. The molecule has 186 valence electrons. The summed E-state index contributed by atoms with van der Waals surface area (Å²) in [7, 11) is 0. The number of nitrogens with zero attached hydrogens (tertiary/aromatic N) is 4. The molecule has 5 rings (SSSR count). The van der Waals surface area contributed by atoms with Crippen LogP contribution in [0.2, 0.25) is 0 Å². The van der Waals surface area contributed by atoms with Gasteiger partial charge in [0.2, 0.25) is 5.95 Å². The molecule has 8 nitrogen and oxygen atoms in total. The van der Waals surface area contributed by atoms with Crippen molar-refractivity contribution in [3.05, 3.63) is 71.9 Å². The average Bonchev–Trinajstić information content (AvgIpc) is 3.29. The molecular formula is C27H27FN4O4. The number of fused-ring (bicyclic) bond motifs is 1. The van der Waals surface area contributed by atoms with E-state index in [2.05, 4.69) is 9.97 Å². The zero-order valence-corrected chi connectivity index (χ0v) is 20.1. The Morgan fingerprint density at radius 3 is 2.61 bits per heavy atom. The lowest BCUT2D eigenvalue weighted by Gasteiger charge is -2.26. The van der Waals surface area contributed by atoms with E-state index in [-0.39, 0.29) is 5.91 Å². The molecule has 9 heteroatoms. The number of hydrogen-bond donors (Lipinski definition) is 1. The molecule has 1 saturated heterocycles. The maximum Gasteiger partial charge on any atom is 0.254 e. The normalized spacial score (nSPS) is 14.7. The van der Waals surface area contributed by atoms with Gasteiger partial charge in [-0.25, -0.2) is 14.4 Å². The fourth-order valence-electron chi connectivity index (χ4n) is 4.40. The second-order valence-corrected chi connectivity index (χ2v) is 8.61. The SMILES string of the molecule is CCOc1ccc(F)c(-c2cnc(-n3cc(C(C)O)c4ccc(C(=O)N5CCOCC5)cc43)nc2)c1. The molecule has 1 aliphatic heterocycles. The number of halogens is 1. The van der Waals surface area contributed by atoms with E-state index in [1.54, 1.807) is 59.2 Å². The van der Waals surface area contributed by atoms with Gasteiger partial charge in [-0.2, -0.15) is 0 Å². The smallest absolute Gasteiger partial charge is 0.254 e. The summed E-state index contributed by atoms with van der Waals surface area (Å²) in [6.07, 6.45) is 4.13. The number of hydrogen-bond acceptors (Lipinski definition) is 6. The first kappa shape index (κ1) is 23.9. The molecule has 36 heavy (non-hydrogen) atoms. The van der Waals surface area contributed by atoms with E-state index in [4.69, 9.17) is 9.47 Å². The lowest BCUT2D eigenvalue weighted by molar-refractivity contribution is 0.0303. The molecule has 2 aromatic heterocycles. The summed E-state index contributed by atoms with van der Waals surface area (Å²) in [5, 5.41) is 11.2. The quantitative estimate of drug-likeness (QED) is 0.437. The Balaban J connectivity index is 1.54. The van der Waals surface area contributed by atoms with Crippen molar-refractivity contribution in [1.29, 1.82) is 0 Å². The van der Waals surface area contributed by atoms with Crippen LogP contribution in [0.4, 0.5) is 4.39 Å². The molecule has 1 fully saturated rings. The Kier molecular flexibility index (Phi) is 6.67. The third-order valence-electron chi connectivity index (χ3n) is 6.25. The van der Waals surface area contributed by atoms with Crippen molar-refractivity contribution in [2.75, 3.05) is 32.9 Å². The van der Waals surface area contributed by atoms with Crippen LogP contribution in [0.3, 0.4) is 0 Å². The maximum atomic E-state index is 14.5.